The molecule has 0 aliphatic rings. The number of rotatable bonds is 3. The van der Waals surface area contributed by atoms with Crippen molar-refractivity contribution in [3.05, 3.63) is 0 Å². The summed E-state index contributed by atoms with van der Waals surface area (Å²) in [5.41, 5.74) is 0. The SMILES string of the molecule is CNC([C]=O)CO. The predicted molar refractivity (Wildman–Crippen MR) is 25.6 cm³/mol. The third kappa shape index (κ3) is 2.31. The molecule has 0 bridgehead atoms. The van der Waals surface area contributed by atoms with Gasteiger partial charge in [-0.3, -0.25) is 4.79 Å². The molecule has 0 aliphatic carbocycles. The second-order valence-electron chi connectivity index (χ2n) is 1.14. The zero-order valence-corrected chi connectivity index (χ0v) is 4.14. The normalized spacial score (nSPS) is 13.4. The smallest absolute Gasteiger partial charge is 0.219 e. The minimum absolute atomic E-state index is 0.181. The van der Waals surface area contributed by atoms with E-state index in [1.54, 1.807) is 13.3 Å². The van der Waals surface area contributed by atoms with E-state index in [1.165, 1.54) is 0 Å². The van der Waals surface area contributed by atoms with Crippen molar-refractivity contribution in [1.82, 2.24) is 5.32 Å². The highest BCUT2D eigenvalue weighted by atomic mass is 16.3. The van der Waals surface area contributed by atoms with Gasteiger partial charge >= 0.3 is 0 Å². The van der Waals surface area contributed by atoms with Gasteiger partial charge in [0, 0.05) is 0 Å². The van der Waals surface area contributed by atoms with E-state index in [-0.39, 0.29) is 6.61 Å². The van der Waals surface area contributed by atoms with Gasteiger partial charge < -0.3 is 10.4 Å². The van der Waals surface area contributed by atoms with Crippen molar-refractivity contribution in [2.24, 2.45) is 0 Å². The minimum atomic E-state index is -0.514. The Morgan fingerprint density at radius 2 is 2.57 bits per heavy atom. The van der Waals surface area contributed by atoms with Gasteiger partial charge in [-0.25, -0.2) is 0 Å². The fourth-order valence-corrected chi connectivity index (χ4v) is 0.187. The Morgan fingerprint density at radius 1 is 2.00 bits per heavy atom. The van der Waals surface area contributed by atoms with Crippen molar-refractivity contribution < 1.29 is 9.90 Å². The molecule has 41 valence electrons. The molecule has 0 aromatic carbocycles. The molecular weight excluding hydrogens is 94.0 g/mol. The molecule has 3 nitrogen and oxygen atoms in total. The van der Waals surface area contributed by atoms with Crippen LogP contribution in [0, 0.1) is 0 Å². The first kappa shape index (κ1) is 6.59. The Morgan fingerprint density at radius 3 is 2.57 bits per heavy atom. The maximum atomic E-state index is 9.62. The van der Waals surface area contributed by atoms with E-state index in [2.05, 4.69) is 5.32 Å². The summed E-state index contributed by atoms with van der Waals surface area (Å²) >= 11 is 0. The summed E-state index contributed by atoms with van der Waals surface area (Å²) < 4.78 is 0. The van der Waals surface area contributed by atoms with Crippen LogP contribution in [0.2, 0.25) is 0 Å². The van der Waals surface area contributed by atoms with E-state index in [0.717, 1.165) is 0 Å². The first-order chi connectivity index (χ1) is 3.35. The lowest BCUT2D eigenvalue weighted by Crippen LogP contribution is -2.29. The summed E-state index contributed by atoms with van der Waals surface area (Å²) in [5.74, 6) is 0. The minimum Gasteiger partial charge on any atom is -0.394 e. The van der Waals surface area contributed by atoms with Crippen LogP contribution in [-0.4, -0.2) is 31.1 Å². The lowest BCUT2D eigenvalue weighted by atomic mass is 10.4. The molecule has 0 aromatic rings. The van der Waals surface area contributed by atoms with Crippen LogP contribution in [0.3, 0.4) is 0 Å². The highest BCUT2D eigenvalue weighted by molar-refractivity contribution is 5.58. The van der Waals surface area contributed by atoms with Crippen LogP contribution in [0.25, 0.3) is 0 Å². The molecule has 0 aliphatic heterocycles. The Kier molecular flexibility index (Phi) is 3.55. The Bertz CT molecular complexity index is 51.7. The van der Waals surface area contributed by atoms with E-state index >= 15 is 0 Å². The summed E-state index contributed by atoms with van der Waals surface area (Å²) in [6.45, 7) is -0.181. The number of likely N-dealkylation sites (N-methyl/N-ethyl adjacent to an activating group) is 1. The third-order valence-electron chi connectivity index (χ3n) is 0.673. The highest BCUT2D eigenvalue weighted by Gasteiger charge is 1.98. The number of nitrogens with one attached hydrogen (secondary N) is 1. The van der Waals surface area contributed by atoms with E-state index in [9.17, 15) is 4.79 Å². The molecule has 0 fully saturated rings. The molecule has 0 saturated carbocycles. The monoisotopic (exact) mass is 102 g/mol. The number of aliphatic hydroxyl groups is 1. The van der Waals surface area contributed by atoms with E-state index in [4.69, 9.17) is 5.11 Å². The molecule has 0 rings (SSSR count). The summed E-state index contributed by atoms with van der Waals surface area (Å²) in [6, 6.07) is -0.514. The first-order valence-electron chi connectivity index (χ1n) is 2.01. The van der Waals surface area contributed by atoms with Gasteiger partial charge in [0.25, 0.3) is 0 Å². The number of hydrogen-bond acceptors (Lipinski definition) is 3. The standard InChI is InChI=1S/C4H8NO2/c1-5-4(2-6)3-7/h4-6H,2H2,1H3. The highest BCUT2D eigenvalue weighted by Crippen LogP contribution is 1.67. The van der Waals surface area contributed by atoms with Crippen LogP contribution in [0.15, 0.2) is 0 Å². The number of carbonyl (C=O) groups excluding carboxylic acids is 1. The van der Waals surface area contributed by atoms with Gasteiger partial charge in [0.15, 0.2) is 0 Å². The molecule has 0 aromatic heterocycles. The molecule has 0 heterocycles. The molecule has 2 N–H and O–H groups in total. The summed E-state index contributed by atoms with van der Waals surface area (Å²) in [4.78, 5) is 9.62. The second kappa shape index (κ2) is 3.77. The maximum absolute atomic E-state index is 9.62. The van der Waals surface area contributed by atoms with Crippen molar-refractivity contribution in [2.45, 2.75) is 6.04 Å². The van der Waals surface area contributed by atoms with Gasteiger partial charge in [0.2, 0.25) is 6.29 Å². The quantitative estimate of drug-likeness (QED) is 0.464. The fourth-order valence-electron chi connectivity index (χ4n) is 0.187. The van der Waals surface area contributed by atoms with Crippen LogP contribution < -0.4 is 5.32 Å². The van der Waals surface area contributed by atoms with E-state index < -0.39 is 6.04 Å². The van der Waals surface area contributed by atoms with E-state index in [1.807, 2.05) is 0 Å². The largest absolute Gasteiger partial charge is 0.394 e. The predicted octanol–water partition coefficient (Wildman–Crippen LogP) is -1.32. The zero-order chi connectivity index (χ0) is 5.70. The average Bonchev–Trinajstić information content (AvgIpc) is 1.72. The molecule has 0 saturated heterocycles. The van der Waals surface area contributed by atoms with E-state index in [0.29, 0.717) is 0 Å². The zero-order valence-electron chi connectivity index (χ0n) is 4.14. The van der Waals surface area contributed by atoms with Crippen LogP contribution in [0.4, 0.5) is 0 Å². The summed E-state index contributed by atoms with van der Waals surface area (Å²) in [5, 5.41) is 10.7. The number of aliphatic hydroxyl groups excluding tert-OH is 1. The molecular formula is C4H8NO2. The van der Waals surface area contributed by atoms with Crippen molar-refractivity contribution in [3.8, 4) is 0 Å². The van der Waals surface area contributed by atoms with Crippen LogP contribution in [0.1, 0.15) is 0 Å². The molecule has 3 heteroatoms. The van der Waals surface area contributed by atoms with Gasteiger partial charge in [-0.15, -0.1) is 0 Å². The van der Waals surface area contributed by atoms with Gasteiger partial charge in [-0.2, -0.15) is 0 Å². The lowest BCUT2D eigenvalue weighted by Gasteiger charge is -1.98. The first-order valence-corrected chi connectivity index (χ1v) is 2.01. The van der Waals surface area contributed by atoms with Crippen LogP contribution >= 0.6 is 0 Å². The Hall–Kier alpha value is -0.410. The maximum Gasteiger partial charge on any atom is 0.219 e. The molecule has 7 heavy (non-hydrogen) atoms. The molecule has 0 amide bonds. The van der Waals surface area contributed by atoms with Crippen LogP contribution in [-0.2, 0) is 4.79 Å². The molecule has 1 radical (unpaired) electrons. The molecule has 0 spiro atoms. The lowest BCUT2D eigenvalue weighted by molar-refractivity contribution is 0.274. The van der Waals surface area contributed by atoms with Gasteiger partial charge in [-0.05, 0) is 7.05 Å². The van der Waals surface area contributed by atoms with Crippen molar-refractivity contribution in [3.63, 3.8) is 0 Å². The van der Waals surface area contributed by atoms with Gasteiger partial charge in [-0.1, -0.05) is 0 Å². The Labute approximate surface area is 42.3 Å². The third-order valence-corrected chi connectivity index (χ3v) is 0.673. The van der Waals surface area contributed by atoms with Crippen LogP contribution in [0.5, 0.6) is 0 Å². The van der Waals surface area contributed by atoms with Crippen molar-refractivity contribution in [1.29, 1.82) is 0 Å². The number of hydrogen-bond donors (Lipinski definition) is 2. The van der Waals surface area contributed by atoms with Crippen molar-refractivity contribution in [2.75, 3.05) is 13.7 Å². The molecule has 1 unspecified atom stereocenters. The summed E-state index contributed by atoms with van der Waals surface area (Å²) in [6.07, 6.45) is 1.59. The molecule has 1 atom stereocenters. The topological polar surface area (TPSA) is 49.3 Å². The average molecular weight is 102 g/mol. The van der Waals surface area contributed by atoms with Gasteiger partial charge in [0.1, 0.15) is 0 Å². The second-order valence-corrected chi connectivity index (χ2v) is 1.14. The van der Waals surface area contributed by atoms with Gasteiger partial charge in [0.05, 0.1) is 12.6 Å². The Balaban J connectivity index is 3.16. The van der Waals surface area contributed by atoms with Crippen molar-refractivity contribution >= 4 is 6.29 Å². The summed E-state index contributed by atoms with van der Waals surface area (Å²) in [7, 11) is 1.59. The fraction of sp³-hybridized carbons (Fsp3) is 0.750.